The van der Waals surface area contributed by atoms with Crippen molar-refractivity contribution in [2.45, 2.75) is 13.0 Å². The zero-order valence-corrected chi connectivity index (χ0v) is 12.1. The van der Waals surface area contributed by atoms with Gasteiger partial charge < -0.3 is 15.6 Å². The Morgan fingerprint density at radius 2 is 1.95 bits per heavy atom. The number of nitrogens with two attached hydrogens (primary N) is 1. The summed E-state index contributed by atoms with van der Waals surface area (Å²) >= 11 is 4.90. The number of amides is 1. The van der Waals surface area contributed by atoms with Gasteiger partial charge in [-0.3, -0.25) is 9.59 Å². The van der Waals surface area contributed by atoms with Crippen molar-refractivity contribution in [2.75, 3.05) is 5.32 Å². The molecule has 0 aliphatic rings. The summed E-state index contributed by atoms with van der Waals surface area (Å²) in [6.45, 7) is 0.501. The molecule has 1 aromatic heterocycles. The van der Waals surface area contributed by atoms with E-state index in [0.29, 0.717) is 29.2 Å². The van der Waals surface area contributed by atoms with Gasteiger partial charge in [0, 0.05) is 48.7 Å². The first kappa shape index (κ1) is 14.9. The molecular weight excluding hydrogens is 286 g/mol. The Balaban J connectivity index is 1.92. The van der Waals surface area contributed by atoms with E-state index >= 15 is 0 Å². The van der Waals surface area contributed by atoms with Crippen LogP contribution in [-0.4, -0.2) is 15.5 Å². The highest BCUT2D eigenvalue weighted by molar-refractivity contribution is 7.80. The zero-order valence-electron chi connectivity index (χ0n) is 11.3. The van der Waals surface area contributed by atoms with Gasteiger partial charge >= 0.3 is 0 Å². The largest absolute Gasteiger partial charge is 0.389 e. The molecule has 0 saturated heterocycles. The predicted molar refractivity (Wildman–Crippen MR) is 86.3 cm³/mol. The number of benzene rings is 1. The van der Waals surface area contributed by atoms with E-state index in [0.717, 1.165) is 0 Å². The van der Waals surface area contributed by atoms with Crippen molar-refractivity contribution in [3.05, 3.63) is 64.6 Å². The lowest BCUT2D eigenvalue weighted by Gasteiger charge is -2.08. The number of hydrogen-bond acceptors (Lipinski definition) is 3. The molecule has 0 aliphatic carbocycles. The highest BCUT2D eigenvalue weighted by atomic mass is 32.1. The zero-order chi connectivity index (χ0) is 15.2. The van der Waals surface area contributed by atoms with Gasteiger partial charge in [-0.15, -0.1) is 0 Å². The second-order valence-corrected chi connectivity index (χ2v) is 4.95. The molecule has 1 aromatic carbocycles. The topological polar surface area (TPSA) is 77.1 Å². The third-order valence-electron chi connectivity index (χ3n) is 2.89. The van der Waals surface area contributed by atoms with Crippen molar-refractivity contribution < 1.29 is 4.79 Å². The molecule has 2 aromatic rings. The van der Waals surface area contributed by atoms with E-state index in [-0.39, 0.29) is 11.3 Å². The first-order valence-electron chi connectivity index (χ1n) is 6.40. The normalized spacial score (nSPS) is 10.1. The summed E-state index contributed by atoms with van der Waals surface area (Å²) < 4.78 is 1.78. The predicted octanol–water partition coefficient (Wildman–Crippen LogP) is 1.51. The molecule has 0 spiro atoms. The van der Waals surface area contributed by atoms with Gasteiger partial charge in [-0.05, 0) is 12.1 Å². The van der Waals surface area contributed by atoms with Crippen LogP contribution in [0.5, 0.6) is 0 Å². The van der Waals surface area contributed by atoms with Gasteiger partial charge in [0.25, 0.3) is 0 Å². The van der Waals surface area contributed by atoms with Crippen LogP contribution in [0.25, 0.3) is 0 Å². The first-order chi connectivity index (χ1) is 10.0. The number of carbonyl (C=O) groups is 1. The summed E-state index contributed by atoms with van der Waals surface area (Å²) in [6, 6.07) is 10.0. The van der Waals surface area contributed by atoms with E-state index in [2.05, 4.69) is 5.32 Å². The van der Waals surface area contributed by atoms with Crippen LogP contribution in [0.15, 0.2) is 53.6 Å². The Morgan fingerprint density at radius 3 is 2.62 bits per heavy atom. The number of aromatic nitrogens is 1. The number of rotatable bonds is 5. The van der Waals surface area contributed by atoms with Gasteiger partial charge in [0.05, 0.1) is 0 Å². The molecule has 1 heterocycles. The molecule has 0 aliphatic heterocycles. The van der Waals surface area contributed by atoms with Crippen molar-refractivity contribution in [1.29, 1.82) is 0 Å². The van der Waals surface area contributed by atoms with Gasteiger partial charge in [0.15, 0.2) is 5.43 Å². The lowest BCUT2D eigenvalue weighted by molar-refractivity contribution is -0.116. The van der Waals surface area contributed by atoms with Gasteiger partial charge in [-0.1, -0.05) is 24.4 Å². The number of pyridine rings is 1. The molecule has 108 valence electrons. The van der Waals surface area contributed by atoms with Crippen LogP contribution in [0.4, 0.5) is 5.69 Å². The molecule has 3 N–H and O–H groups in total. The van der Waals surface area contributed by atoms with Gasteiger partial charge in [-0.25, -0.2) is 0 Å². The smallest absolute Gasteiger partial charge is 0.226 e. The van der Waals surface area contributed by atoms with Crippen LogP contribution in [-0.2, 0) is 11.3 Å². The van der Waals surface area contributed by atoms with E-state index < -0.39 is 0 Å². The molecule has 0 bridgehead atoms. The number of thiocarbonyl (C=S) groups is 1. The summed E-state index contributed by atoms with van der Waals surface area (Å²) in [4.78, 5) is 23.1. The summed E-state index contributed by atoms with van der Waals surface area (Å²) in [5.74, 6) is -0.117. The molecule has 1 amide bonds. The maximum absolute atomic E-state index is 11.9. The monoisotopic (exact) mass is 301 g/mol. The molecule has 2 rings (SSSR count). The Bertz CT molecular complexity index is 704. The van der Waals surface area contributed by atoms with Crippen molar-refractivity contribution >= 4 is 28.8 Å². The lowest BCUT2D eigenvalue weighted by Crippen LogP contribution is -2.16. The standard InChI is InChI=1S/C15H15N3O2S/c16-15(21)11-2-1-3-12(10-11)17-14(20)6-9-18-7-4-13(19)5-8-18/h1-5,7-8,10H,6,9H2,(H2,16,21)(H,17,20). The molecular formula is C15H15N3O2S. The minimum Gasteiger partial charge on any atom is -0.389 e. The van der Waals surface area contributed by atoms with Gasteiger partial charge in [0.1, 0.15) is 4.99 Å². The van der Waals surface area contributed by atoms with Crippen LogP contribution in [0.1, 0.15) is 12.0 Å². The fourth-order valence-corrected chi connectivity index (χ4v) is 1.92. The third kappa shape index (κ3) is 4.54. The van der Waals surface area contributed by atoms with Crippen LogP contribution >= 0.6 is 12.2 Å². The van der Waals surface area contributed by atoms with E-state index in [1.54, 1.807) is 41.2 Å². The van der Waals surface area contributed by atoms with Gasteiger partial charge in [0.2, 0.25) is 5.91 Å². The quantitative estimate of drug-likeness (QED) is 0.821. The highest BCUT2D eigenvalue weighted by Gasteiger charge is 2.04. The SMILES string of the molecule is NC(=S)c1cccc(NC(=O)CCn2ccc(=O)cc2)c1. The van der Waals surface area contributed by atoms with E-state index in [1.807, 2.05) is 0 Å². The first-order valence-corrected chi connectivity index (χ1v) is 6.81. The Labute approximate surface area is 127 Å². The minimum atomic E-state index is -0.117. The number of hydrogen-bond donors (Lipinski definition) is 2. The molecule has 0 fully saturated rings. The molecule has 0 atom stereocenters. The summed E-state index contributed by atoms with van der Waals surface area (Å²) in [6.07, 6.45) is 3.62. The van der Waals surface area contributed by atoms with Crippen LogP contribution in [0, 0.1) is 0 Å². The second-order valence-electron chi connectivity index (χ2n) is 4.51. The molecule has 6 heteroatoms. The number of anilines is 1. The number of carbonyl (C=O) groups excluding carboxylic acids is 1. The van der Waals surface area contributed by atoms with E-state index in [9.17, 15) is 9.59 Å². The van der Waals surface area contributed by atoms with Crippen molar-refractivity contribution in [1.82, 2.24) is 4.57 Å². The highest BCUT2D eigenvalue weighted by Crippen LogP contribution is 2.11. The minimum absolute atomic E-state index is 0.0507. The Kier molecular flexibility index (Phi) is 4.84. The fourth-order valence-electron chi connectivity index (χ4n) is 1.80. The molecule has 0 saturated carbocycles. The van der Waals surface area contributed by atoms with Crippen LogP contribution in [0.3, 0.4) is 0 Å². The third-order valence-corrected chi connectivity index (χ3v) is 3.12. The van der Waals surface area contributed by atoms with E-state index in [1.165, 1.54) is 12.1 Å². The molecule has 21 heavy (non-hydrogen) atoms. The Morgan fingerprint density at radius 1 is 1.24 bits per heavy atom. The van der Waals surface area contributed by atoms with Crippen molar-refractivity contribution in [2.24, 2.45) is 5.73 Å². The van der Waals surface area contributed by atoms with Gasteiger partial charge in [-0.2, -0.15) is 0 Å². The lowest BCUT2D eigenvalue weighted by atomic mass is 10.2. The second kappa shape index (κ2) is 6.81. The number of aryl methyl sites for hydroxylation is 1. The average molecular weight is 301 g/mol. The molecule has 5 nitrogen and oxygen atoms in total. The maximum atomic E-state index is 11.9. The molecule has 0 unspecified atom stereocenters. The van der Waals surface area contributed by atoms with Crippen molar-refractivity contribution in [3.8, 4) is 0 Å². The van der Waals surface area contributed by atoms with Crippen LogP contribution in [0.2, 0.25) is 0 Å². The molecule has 0 radical (unpaired) electrons. The fraction of sp³-hybridized carbons (Fsp3) is 0.133. The summed E-state index contributed by atoms with van der Waals surface area (Å²) in [5.41, 5.74) is 6.87. The Hall–Kier alpha value is -2.47. The number of nitrogens with zero attached hydrogens (tertiary/aromatic N) is 1. The summed E-state index contributed by atoms with van der Waals surface area (Å²) in [7, 11) is 0. The van der Waals surface area contributed by atoms with Crippen LogP contribution < -0.4 is 16.5 Å². The van der Waals surface area contributed by atoms with Crippen molar-refractivity contribution in [3.63, 3.8) is 0 Å². The maximum Gasteiger partial charge on any atom is 0.226 e. The summed E-state index contributed by atoms with van der Waals surface area (Å²) in [5, 5.41) is 2.79. The van der Waals surface area contributed by atoms with E-state index in [4.69, 9.17) is 18.0 Å². The average Bonchev–Trinajstić information content (AvgIpc) is 2.47. The number of nitrogens with one attached hydrogen (secondary N) is 1.